The molecule has 0 bridgehead atoms. The van der Waals surface area contributed by atoms with Crippen LogP contribution in [0.2, 0.25) is 0 Å². The Hall–Kier alpha value is -0.750. The van der Waals surface area contributed by atoms with Crippen molar-refractivity contribution in [3.63, 3.8) is 0 Å². The summed E-state index contributed by atoms with van der Waals surface area (Å²) >= 11 is 1.78. The molecule has 2 unspecified atom stereocenters. The third kappa shape index (κ3) is 3.17. The van der Waals surface area contributed by atoms with Crippen molar-refractivity contribution in [2.45, 2.75) is 30.6 Å². The molecule has 2 fully saturated rings. The van der Waals surface area contributed by atoms with Gasteiger partial charge in [-0.15, -0.1) is 0 Å². The fourth-order valence-corrected chi connectivity index (χ4v) is 3.55. The number of piperazine rings is 1. The summed E-state index contributed by atoms with van der Waals surface area (Å²) in [5.41, 5.74) is 0. The Morgan fingerprint density at radius 1 is 1.28 bits per heavy atom. The van der Waals surface area contributed by atoms with Crippen LogP contribution in [0.4, 0.5) is 0 Å². The normalized spacial score (nSPS) is 28.2. The summed E-state index contributed by atoms with van der Waals surface area (Å²) in [6.45, 7) is 2.80. The quantitative estimate of drug-likeness (QED) is 0.684. The summed E-state index contributed by atoms with van der Waals surface area (Å²) in [5.74, 6) is -0.800. The summed E-state index contributed by atoms with van der Waals surface area (Å²) in [6.07, 6.45) is 5.32. The first-order chi connectivity index (χ1) is 8.72. The monoisotopic (exact) mass is 271 g/mol. The molecule has 0 aromatic heterocycles. The van der Waals surface area contributed by atoms with Crippen LogP contribution in [0, 0.1) is 0 Å². The van der Waals surface area contributed by atoms with Crippen molar-refractivity contribution in [1.29, 1.82) is 0 Å². The fourth-order valence-electron chi connectivity index (χ4n) is 2.61. The molecule has 18 heavy (non-hydrogen) atoms. The van der Waals surface area contributed by atoms with Gasteiger partial charge in [0.25, 0.3) is 0 Å². The molecule has 2 N–H and O–H groups in total. The molecule has 0 aromatic rings. The number of nitrogens with one attached hydrogen (secondary N) is 2. The maximum atomic E-state index is 12.0. The predicted octanol–water partition coefficient (Wildman–Crippen LogP) is -0.181. The number of thioether (sulfide) groups is 1. The van der Waals surface area contributed by atoms with Gasteiger partial charge in [-0.3, -0.25) is 9.59 Å². The van der Waals surface area contributed by atoms with Crippen molar-refractivity contribution in [1.82, 2.24) is 15.5 Å². The van der Waals surface area contributed by atoms with Crippen molar-refractivity contribution < 1.29 is 9.59 Å². The van der Waals surface area contributed by atoms with Gasteiger partial charge < -0.3 is 15.5 Å². The standard InChI is InChI=1S/C12H21N3O2S/c1-18-10-4-2-3-9(10)14-11(16)12(17)15-7-5-13-6-8-15/h9-10,13H,2-8H2,1H3,(H,14,16). The highest BCUT2D eigenvalue weighted by Crippen LogP contribution is 2.28. The van der Waals surface area contributed by atoms with Gasteiger partial charge >= 0.3 is 11.8 Å². The summed E-state index contributed by atoms with van der Waals surface area (Å²) in [5, 5.41) is 6.54. The van der Waals surface area contributed by atoms with E-state index < -0.39 is 5.91 Å². The number of hydrogen-bond acceptors (Lipinski definition) is 4. The third-order valence-corrected chi connectivity index (χ3v) is 4.84. The number of hydrogen-bond donors (Lipinski definition) is 2. The van der Waals surface area contributed by atoms with Crippen LogP contribution >= 0.6 is 11.8 Å². The molecule has 1 aliphatic heterocycles. The van der Waals surface area contributed by atoms with Crippen LogP contribution in [0.1, 0.15) is 19.3 Å². The van der Waals surface area contributed by atoms with Gasteiger partial charge in [0, 0.05) is 37.5 Å². The van der Waals surface area contributed by atoms with Gasteiger partial charge in [-0.2, -0.15) is 11.8 Å². The molecular formula is C12H21N3O2S. The van der Waals surface area contributed by atoms with Crippen molar-refractivity contribution in [3.8, 4) is 0 Å². The van der Waals surface area contributed by atoms with Crippen LogP contribution in [-0.4, -0.2) is 60.4 Å². The molecule has 5 nitrogen and oxygen atoms in total. The van der Waals surface area contributed by atoms with E-state index in [0.29, 0.717) is 18.3 Å². The molecule has 1 saturated carbocycles. The molecule has 1 aliphatic carbocycles. The first-order valence-corrected chi connectivity index (χ1v) is 7.84. The van der Waals surface area contributed by atoms with Gasteiger partial charge in [-0.1, -0.05) is 6.42 Å². The second-order valence-electron chi connectivity index (χ2n) is 4.83. The van der Waals surface area contributed by atoms with Gasteiger partial charge in [-0.05, 0) is 19.1 Å². The van der Waals surface area contributed by atoms with Gasteiger partial charge in [0.2, 0.25) is 0 Å². The number of carbonyl (C=O) groups is 2. The second-order valence-corrected chi connectivity index (χ2v) is 5.90. The predicted molar refractivity (Wildman–Crippen MR) is 72.5 cm³/mol. The molecule has 2 atom stereocenters. The molecule has 2 rings (SSSR count). The molecule has 0 radical (unpaired) electrons. The van der Waals surface area contributed by atoms with Gasteiger partial charge in [0.05, 0.1) is 0 Å². The SMILES string of the molecule is CSC1CCCC1NC(=O)C(=O)N1CCNCC1. The maximum absolute atomic E-state index is 12.0. The van der Waals surface area contributed by atoms with Crippen LogP contribution in [0.3, 0.4) is 0 Å². The van der Waals surface area contributed by atoms with Crippen LogP contribution < -0.4 is 10.6 Å². The zero-order chi connectivity index (χ0) is 13.0. The summed E-state index contributed by atoms with van der Waals surface area (Å²) in [7, 11) is 0. The highest BCUT2D eigenvalue weighted by molar-refractivity contribution is 7.99. The van der Waals surface area contributed by atoms with Crippen LogP contribution in [0.5, 0.6) is 0 Å². The van der Waals surface area contributed by atoms with Crippen LogP contribution in [-0.2, 0) is 9.59 Å². The Balaban J connectivity index is 1.85. The van der Waals surface area contributed by atoms with Gasteiger partial charge in [0.1, 0.15) is 0 Å². The lowest BCUT2D eigenvalue weighted by Gasteiger charge is -2.27. The van der Waals surface area contributed by atoms with Gasteiger partial charge in [0.15, 0.2) is 0 Å². The average molecular weight is 271 g/mol. The highest BCUT2D eigenvalue weighted by Gasteiger charge is 2.31. The Labute approximate surface area is 112 Å². The highest BCUT2D eigenvalue weighted by atomic mass is 32.2. The number of rotatable bonds is 2. The summed E-state index contributed by atoms with van der Waals surface area (Å²) in [4.78, 5) is 25.5. The lowest BCUT2D eigenvalue weighted by molar-refractivity contribution is -0.146. The summed E-state index contributed by atoms with van der Waals surface area (Å²) in [6, 6.07) is 0.166. The van der Waals surface area contributed by atoms with E-state index >= 15 is 0 Å². The summed E-state index contributed by atoms with van der Waals surface area (Å²) < 4.78 is 0. The molecule has 2 amide bonds. The Kier molecular flexibility index (Phi) is 4.88. The van der Waals surface area contributed by atoms with E-state index in [1.54, 1.807) is 16.7 Å². The molecule has 1 saturated heterocycles. The maximum Gasteiger partial charge on any atom is 0.311 e. The lowest BCUT2D eigenvalue weighted by atomic mass is 10.2. The number of nitrogens with zero attached hydrogens (tertiary/aromatic N) is 1. The third-order valence-electron chi connectivity index (χ3n) is 3.67. The van der Waals surface area contributed by atoms with Gasteiger partial charge in [-0.25, -0.2) is 0 Å². The largest absolute Gasteiger partial charge is 0.344 e. The van der Waals surface area contributed by atoms with Crippen molar-refractivity contribution in [3.05, 3.63) is 0 Å². The van der Waals surface area contributed by atoms with E-state index in [-0.39, 0.29) is 11.9 Å². The van der Waals surface area contributed by atoms with E-state index in [2.05, 4.69) is 16.9 Å². The van der Waals surface area contributed by atoms with E-state index in [0.717, 1.165) is 32.4 Å². The molecule has 102 valence electrons. The molecule has 2 aliphatic rings. The van der Waals surface area contributed by atoms with Crippen LogP contribution in [0.15, 0.2) is 0 Å². The van der Waals surface area contributed by atoms with Crippen LogP contribution in [0.25, 0.3) is 0 Å². The zero-order valence-corrected chi connectivity index (χ0v) is 11.6. The fraction of sp³-hybridized carbons (Fsp3) is 0.833. The average Bonchev–Trinajstić information content (AvgIpc) is 2.86. The number of carbonyl (C=O) groups excluding carboxylic acids is 2. The smallest absolute Gasteiger partial charge is 0.311 e. The molecule has 1 heterocycles. The molecule has 6 heteroatoms. The number of amides is 2. The second kappa shape index (κ2) is 6.43. The Bertz CT molecular complexity index is 318. The topological polar surface area (TPSA) is 61.4 Å². The van der Waals surface area contributed by atoms with Crippen molar-refractivity contribution in [2.24, 2.45) is 0 Å². The zero-order valence-electron chi connectivity index (χ0n) is 10.8. The van der Waals surface area contributed by atoms with E-state index in [1.807, 2.05) is 0 Å². The van der Waals surface area contributed by atoms with E-state index in [4.69, 9.17) is 0 Å². The Morgan fingerprint density at radius 3 is 2.67 bits per heavy atom. The molecular weight excluding hydrogens is 250 g/mol. The van der Waals surface area contributed by atoms with E-state index in [9.17, 15) is 9.59 Å². The Morgan fingerprint density at radius 2 is 2.00 bits per heavy atom. The molecule has 0 aromatic carbocycles. The minimum Gasteiger partial charge on any atom is -0.344 e. The van der Waals surface area contributed by atoms with Crippen molar-refractivity contribution >= 4 is 23.6 Å². The minimum atomic E-state index is -0.428. The lowest BCUT2D eigenvalue weighted by Crippen LogP contribution is -2.53. The molecule has 0 spiro atoms. The minimum absolute atomic E-state index is 0.166. The van der Waals surface area contributed by atoms with Crippen molar-refractivity contribution in [2.75, 3.05) is 32.4 Å². The first kappa shape index (κ1) is 13.7. The van der Waals surface area contributed by atoms with E-state index in [1.165, 1.54) is 0 Å². The first-order valence-electron chi connectivity index (χ1n) is 6.55.